The quantitative estimate of drug-likeness (QED) is 0.870. The van der Waals surface area contributed by atoms with Gasteiger partial charge in [-0.05, 0) is 31.3 Å². The third kappa shape index (κ3) is 2.86. The SMILES string of the molecule is CN(C)Cc1ccc(-c2ccccc2O)cc1. The first kappa shape index (κ1) is 11.7. The van der Waals surface area contributed by atoms with Crippen LogP contribution in [0.2, 0.25) is 0 Å². The Labute approximate surface area is 102 Å². The van der Waals surface area contributed by atoms with Gasteiger partial charge in [0.1, 0.15) is 5.75 Å². The minimum atomic E-state index is 0.327. The molecule has 2 nitrogen and oxygen atoms in total. The van der Waals surface area contributed by atoms with Crippen LogP contribution in [0.5, 0.6) is 5.75 Å². The number of hydrogen-bond donors (Lipinski definition) is 1. The van der Waals surface area contributed by atoms with Crippen LogP contribution >= 0.6 is 0 Å². The van der Waals surface area contributed by atoms with Gasteiger partial charge in [0, 0.05) is 12.1 Å². The van der Waals surface area contributed by atoms with Gasteiger partial charge >= 0.3 is 0 Å². The lowest BCUT2D eigenvalue weighted by Gasteiger charge is -2.10. The largest absolute Gasteiger partial charge is 0.507 e. The van der Waals surface area contributed by atoms with Crippen molar-refractivity contribution < 1.29 is 5.11 Å². The van der Waals surface area contributed by atoms with Crippen molar-refractivity contribution in [1.82, 2.24) is 4.90 Å². The van der Waals surface area contributed by atoms with Gasteiger partial charge in [-0.15, -0.1) is 0 Å². The molecule has 0 unspecified atom stereocenters. The lowest BCUT2D eigenvalue weighted by Crippen LogP contribution is -2.10. The molecule has 2 aromatic rings. The molecule has 0 aromatic heterocycles. The molecule has 2 aromatic carbocycles. The first-order valence-electron chi connectivity index (χ1n) is 5.69. The van der Waals surface area contributed by atoms with Crippen molar-refractivity contribution in [2.24, 2.45) is 0 Å². The third-order valence-electron chi connectivity index (χ3n) is 2.67. The molecule has 0 amide bonds. The van der Waals surface area contributed by atoms with Gasteiger partial charge in [-0.1, -0.05) is 42.5 Å². The number of phenols is 1. The Hall–Kier alpha value is -1.80. The smallest absolute Gasteiger partial charge is 0.123 e. The van der Waals surface area contributed by atoms with E-state index in [1.165, 1.54) is 5.56 Å². The van der Waals surface area contributed by atoms with E-state index < -0.39 is 0 Å². The van der Waals surface area contributed by atoms with Crippen LogP contribution in [-0.2, 0) is 6.54 Å². The lowest BCUT2D eigenvalue weighted by molar-refractivity contribution is 0.402. The molecule has 0 saturated carbocycles. The zero-order valence-electron chi connectivity index (χ0n) is 10.2. The van der Waals surface area contributed by atoms with Crippen LogP contribution in [-0.4, -0.2) is 24.1 Å². The molecule has 0 saturated heterocycles. The average molecular weight is 227 g/mol. The number of nitrogens with zero attached hydrogens (tertiary/aromatic N) is 1. The number of aromatic hydroxyl groups is 1. The van der Waals surface area contributed by atoms with Crippen molar-refractivity contribution in [1.29, 1.82) is 0 Å². The molecule has 88 valence electrons. The van der Waals surface area contributed by atoms with Crippen LogP contribution in [0.25, 0.3) is 11.1 Å². The maximum Gasteiger partial charge on any atom is 0.123 e. The summed E-state index contributed by atoms with van der Waals surface area (Å²) >= 11 is 0. The van der Waals surface area contributed by atoms with E-state index in [-0.39, 0.29) is 0 Å². The Bertz CT molecular complexity index is 489. The zero-order chi connectivity index (χ0) is 12.3. The minimum absolute atomic E-state index is 0.327. The van der Waals surface area contributed by atoms with Gasteiger partial charge in [-0.25, -0.2) is 0 Å². The van der Waals surface area contributed by atoms with Crippen molar-refractivity contribution in [3.05, 3.63) is 54.1 Å². The molecule has 2 rings (SSSR count). The van der Waals surface area contributed by atoms with Gasteiger partial charge in [-0.3, -0.25) is 0 Å². The maximum atomic E-state index is 9.77. The number of benzene rings is 2. The highest BCUT2D eigenvalue weighted by Gasteiger charge is 2.03. The molecule has 0 heterocycles. The third-order valence-corrected chi connectivity index (χ3v) is 2.67. The summed E-state index contributed by atoms with van der Waals surface area (Å²) in [6.07, 6.45) is 0. The van der Waals surface area contributed by atoms with E-state index in [1.807, 2.05) is 30.3 Å². The summed E-state index contributed by atoms with van der Waals surface area (Å²) in [4.78, 5) is 2.13. The summed E-state index contributed by atoms with van der Waals surface area (Å²) in [6.45, 7) is 0.932. The highest BCUT2D eigenvalue weighted by molar-refractivity contribution is 5.69. The normalized spacial score (nSPS) is 10.8. The topological polar surface area (TPSA) is 23.5 Å². The van der Waals surface area contributed by atoms with E-state index in [9.17, 15) is 5.11 Å². The Morgan fingerprint density at radius 1 is 0.941 bits per heavy atom. The zero-order valence-corrected chi connectivity index (χ0v) is 10.2. The van der Waals surface area contributed by atoms with Crippen LogP contribution in [0.4, 0.5) is 0 Å². The second kappa shape index (κ2) is 5.02. The molecule has 17 heavy (non-hydrogen) atoms. The van der Waals surface area contributed by atoms with Crippen molar-refractivity contribution in [2.75, 3.05) is 14.1 Å². The standard InChI is InChI=1S/C15H17NO/c1-16(2)11-12-7-9-13(10-8-12)14-5-3-4-6-15(14)17/h3-10,17H,11H2,1-2H3. The van der Waals surface area contributed by atoms with Crippen molar-refractivity contribution in [3.8, 4) is 16.9 Å². The molecule has 0 fully saturated rings. The van der Waals surface area contributed by atoms with Crippen LogP contribution in [0, 0.1) is 0 Å². The van der Waals surface area contributed by atoms with Crippen molar-refractivity contribution in [3.63, 3.8) is 0 Å². The van der Waals surface area contributed by atoms with Gasteiger partial charge in [0.15, 0.2) is 0 Å². The monoisotopic (exact) mass is 227 g/mol. The van der Waals surface area contributed by atoms with Crippen LogP contribution in [0.15, 0.2) is 48.5 Å². The summed E-state index contributed by atoms with van der Waals surface area (Å²) in [5.41, 5.74) is 3.20. The molecule has 0 spiro atoms. The Morgan fingerprint density at radius 2 is 1.59 bits per heavy atom. The van der Waals surface area contributed by atoms with E-state index >= 15 is 0 Å². The molecule has 1 N–H and O–H groups in total. The van der Waals surface area contributed by atoms with E-state index in [0.717, 1.165) is 17.7 Å². The first-order chi connectivity index (χ1) is 8.16. The van der Waals surface area contributed by atoms with Gasteiger partial charge in [-0.2, -0.15) is 0 Å². The van der Waals surface area contributed by atoms with Crippen LogP contribution < -0.4 is 0 Å². The van der Waals surface area contributed by atoms with Crippen LogP contribution in [0.1, 0.15) is 5.56 Å². The highest BCUT2D eigenvalue weighted by Crippen LogP contribution is 2.28. The molecular formula is C15H17NO. The number of phenolic OH excluding ortho intramolecular Hbond substituents is 1. The minimum Gasteiger partial charge on any atom is -0.507 e. The molecule has 0 bridgehead atoms. The Kier molecular flexibility index (Phi) is 3.45. The van der Waals surface area contributed by atoms with E-state index in [1.54, 1.807) is 6.07 Å². The van der Waals surface area contributed by atoms with Gasteiger partial charge < -0.3 is 10.0 Å². The lowest BCUT2D eigenvalue weighted by atomic mass is 10.0. The second-order valence-corrected chi connectivity index (χ2v) is 4.45. The predicted molar refractivity (Wildman–Crippen MR) is 70.9 cm³/mol. The molecule has 0 radical (unpaired) electrons. The highest BCUT2D eigenvalue weighted by atomic mass is 16.3. The van der Waals surface area contributed by atoms with Crippen molar-refractivity contribution in [2.45, 2.75) is 6.54 Å². The summed E-state index contributed by atoms with van der Waals surface area (Å²) in [6, 6.07) is 15.7. The van der Waals surface area contributed by atoms with Crippen molar-refractivity contribution >= 4 is 0 Å². The van der Waals surface area contributed by atoms with Crippen LogP contribution in [0.3, 0.4) is 0 Å². The maximum absolute atomic E-state index is 9.77. The summed E-state index contributed by atoms with van der Waals surface area (Å²) < 4.78 is 0. The second-order valence-electron chi connectivity index (χ2n) is 4.45. The fourth-order valence-corrected chi connectivity index (χ4v) is 1.87. The molecular weight excluding hydrogens is 210 g/mol. The molecule has 0 aliphatic heterocycles. The van der Waals surface area contributed by atoms with Gasteiger partial charge in [0.25, 0.3) is 0 Å². The number of para-hydroxylation sites is 1. The van der Waals surface area contributed by atoms with E-state index in [4.69, 9.17) is 0 Å². The van der Waals surface area contributed by atoms with Gasteiger partial charge in [0.05, 0.1) is 0 Å². The summed E-state index contributed by atoms with van der Waals surface area (Å²) in [5.74, 6) is 0.327. The summed E-state index contributed by atoms with van der Waals surface area (Å²) in [7, 11) is 4.11. The Balaban J connectivity index is 2.27. The van der Waals surface area contributed by atoms with E-state index in [2.05, 4.69) is 31.1 Å². The average Bonchev–Trinajstić information content (AvgIpc) is 2.30. The molecule has 0 atom stereocenters. The molecule has 0 aliphatic carbocycles. The predicted octanol–water partition coefficient (Wildman–Crippen LogP) is 3.12. The van der Waals surface area contributed by atoms with E-state index in [0.29, 0.717) is 5.75 Å². The Morgan fingerprint density at radius 3 is 2.18 bits per heavy atom. The number of rotatable bonds is 3. The fourth-order valence-electron chi connectivity index (χ4n) is 1.87. The first-order valence-corrected chi connectivity index (χ1v) is 5.69. The fraction of sp³-hybridized carbons (Fsp3) is 0.200. The molecule has 0 aliphatic rings. The van der Waals surface area contributed by atoms with Gasteiger partial charge in [0.2, 0.25) is 0 Å². The molecule has 2 heteroatoms. The number of hydrogen-bond acceptors (Lipinski definition) is 2. The summed E-state index contributed by atoms with van der Waals surface area (Å²) in [5, 5.41) is 9.77.